The molecule has 6 heteroatoms. The van der Waals surface area contributed by atoms with Crippen LogP contribution < -0.4 is 14.2 Å². The van der Waals surface area contributed by atoms with Gasteiger partial charge >= 0.3 is 11.9 Å². The van der Waals surface area contributed by atoms with Crippen LogP contribution in [0.3, 0.4) is 0 Å². The molecule has 0 radical (unpaired) electrons. The van der Waals surface area contributed by atoms with Gasteiger partial charge in [-0.15, -0.1) is 0 Å². The van der Waals surface area contributed by atoms with Crippen LogP contribution in [0, 0.1) is 6.92 Å². The summed E-state index contributed by atoms with van der Waals surface area (Å²) >= 11 is 0. The summed E-state index contributed by atoms with van der Waals surface area (Å²) in [6.45, 7) is 4.71. The van der Waals surface area contributed by atoms with Crippen LogP contribution in [0.4, 0.5) is 0 Å². The number of fused-ring (bicyclic) bond motifs is 1. The van der Waals surface area contributed by atoms with E-state index in [4.69, 9.17) is 14.2 Å². The van der Waals surface area contributed by atoms with Gasteiger partial charge in [0.05, 0.1) is 12.7 Å². The highest BCUT2D eigenvalue weighted by atomic mass is 16.5. The fourth-order valence-corrected chi connectivity index (χ4v) is 3.12. The van der Waals surface area contributed by atoms with Gasteiger partial charge in [0.15, 0.2) is 0 Å². The fraction of sp³-hybridized carbons (Fsp3) is 0.300. The van der Waals surface area contributed by atoms with Crippen molar-refractivity contribution in [3.05, 3.63) is 53.1 Å². The van der Waals surface area contributed by atoms with Crippen molar-refractivity contribution in [2.24, 2.45) is 0 Å². The first-order chi connectivity index (χ1) is 12.4. The SMILES string of the molecule is CC(=O)Oc1cccc([C@H]2COc3c(ccc(OC(C)=O)c3C)[C@H]2O)c1. The van der Waals surface area contributed by atoms with Gasteiger partial charge in [-0.2, -0.15) is 0 Å². The van der Waals surface area contributed by atoms with E-state index in [1.54, 1.807) is 37.3 Å². The van der Waals surface area contributed by atoms with E-state index in [0.29, 0.717) is 28.4 Å². The Bertz CT molecular complexity index is 857. The van der Waals surface area contributed by atoms with E-state index in [-0.39, 0.29) is 12.5 Å². The first kappa shape index (κ1) is 17.9. The molecule has 0 saturated heterocycles. The van der Waals surface area contributed by atoms with Crippen LogP contribution in [-0.2, 0) is 9.59 Å². The number of benzene rings is 2. The average Bonchev–Trinajstić information content (AvgIpc) is 2.57. The normalized spacial score (nSPS) is 18.5. The highest BCUT2D eigenvalue weighted by molar-refractivity contribution is 5.71. The van der Waals surface area contributed by atoms with Crippen LogP contribution in [0.1, 0.15) is 42.6 Å². The minimum Gasteiger partial charge on any atom is -0.492 e. The zero-order chi connectivity index (χ0) is 18.8. The van der Waals surface area contributed by atoms with Gasteiger partial charge in [-0.05, 0) is 36.8 Å². The van der Waals surface area contributed by atoms with E-state index < -0.39 is 18.0 Å². The minimum absolute atomic E-state index is 0.252. The molecule has 0 aliphatic carbocycles. The second-order valence-electron chi connectivity index (χ2n) is 6.23. The molecule has 0 saturated carbocycles. The van der Waals surface area contributed by atoms with E-state index in [1.165, 1.54) is 13.8 Å². The summed E-state index contributed by atoms with van der Waals surface area (Å²) in [5, 5.41) is 10.8. The zero-order valence-electron chi connectivity index (χ0n) is 14.8. The zero-order valence-corrected chi connectivity index (χ0v) is 14.8. The van der Waals surface area contributed by atoms with Crippen LogP contribution in [-0.4, -0.2) is 23.7 Å². The lowest BCUT2D eigenvalue weighted by molar-refractivity contribution is -0.132. The van der Waals surface area contributed by atoms with Gasteiger partial charge < -0.3 is 19.3 Å². The highest BCUT2D eigenvalue weighted by Crippen LogP contribution is 2.44. The molecule has 2 aromatic rings. The number of carbonyl (C=O) groups excluding carboxylic acids is 2. The third-order valence-corrected chi connectivity index (χ3v) is 4.30. The second kappa shape index (κ2) is 7.17. The molecule has 1 aliphatic rings. The fourth-order valence-electron chi connectivity index (χ4n) is 3.12. The summed E-state index contributed by atoms with van der Waals surface area (Å²) in [7, 11) is 0. The number of aliphatic hydroxyl groups is 1. The number of aliphatic hydroxyl groups excluding tert-OH is 1. The maximum atomic E-state index is 11.2. The number of ether oxygens (including phenoxy) is 3. The van der Waals surface area contributed by atoms with Crippen molar-refractivity contribution in [2.75, 3.05) is 6.61 Å². The number of hydrogen-bond acceptors (Lipinski definition) is 6. The molecule has 0 amide bonds. The average molecular weight is 356 g/mol. The van der Waals surface area contributed by atoms with Gasteiger partial charge in [-0.25, -0.2) is 0 Å². The number of esters is 2. The predicted octanol–water partition coefficient (Wildman–Crippen LogP) is 3.06. The van der Waals surface area contributed by atoms with E-state index in [0.717, 1.165) is 5.56 Å². The van der Waals surface area contributed by atoms with Crippen molar-refractivity contribution >= 4 is 11.9 Å². The van der Waals surface area contributed by atoms with Crippen LogP contribution >= 0.6 is 0 Å². The Morgan fingerprint density at radius 3 is 2.54 bits per heavy atom. The van der Waals surface area contributed by atoms with Crippen molar-refractivity contribution in [3.63, 3.8) is 0 Å². The molecule has 0 spiro atoms. The van der Waals surface area contributed by atoms with Crippen LogP contribution in [0.25, 0.3) is 0 Å². The molecule has 0 unspecified atom stereocenters. The molecule has 1 aliphatic heterocycles. The van der Waals surface area contributed by atoms with Crippen molar-refractivity contribution in [1.82, 2.24) is 0 Å². The van der Waals surface area contributed by atoms with Gasteiger partial charge in [-0.3, -0.25) is 9.59 Å². The van der Waals surface area contributed by atoms with E-state index in [1.807, 2.05) is 6.07 Å². The predicted molar refractivity (Wildman–Crippen MR) is 93.4 cm³/mol. The summed E-state index contributed by atoms with van der Waals surface area (Å²) in [5.74, 6) is 0.250. The molecule has 6 nitrogen and oxygen atoms in total. The second-order valence-corrected chi connectivity index (χ2v) is 6.23. The van der Waals surface area contributed by atoms with E-state index in [2.05, 4.69) is 0 Å². The Morgan fingerprint density at radius 2 is 1.85 bits per heavy atom. The van der Waals surface area contributed by atoms with Gasteiger partial charge in [-0.1, -0.05) is 12.1 Å². The van der Waals surface area contributed by atoms with Crippen LogP contribution in [0.15, 0.2) is 36.4 Å². The number of carbonyl (C=O) groups is 2. The lowest BCUT2D eigenvalue weighted by Crippen LogP contribution is -2.25. The lowest BCUT2D eigenvalue weighted by atomic mass is 9.86. The molecular formula is C20H20O6. The third-order valence-electron chi connectivity index (χ3n) is 4.30. The molecule has 0 aromatic heterocycles. The van der Waals surface area contributed by atoms with Crippen LogP contribution in [0.5, 0.6) is 17.2 Å². The maximum absolute atomic E-state index is 11.2. The quantitative estimate of drug-likeness (QED) is 0.672. The Labute approximate surface area is 151 Å². The molecule has 2 atom stereocenters. The summed E-state index contributed by atoms with van der Waals surface area (Å²) in [5.41, 5.74) is 2.11. The molecule has 1 N–H and O–H groups in total. The van der Waals surface area contributed by atoms with Gasteiger partial charge in [0, 0.05) is 30.9 Å². The molecule has 136 valence electrons. The van der Waals surface area contributed by atoms with Gasteiger partial charge in [0.25, 0.3) is 0 Å². The van der Waals surface area contributed by atoms with Crippen molar-refractivity contribution < 1.29 is 28.9 Å². The maximum Gasteiger partial charge on any atom is 0.308 e. The topological polar surface area (TPSA) is 82.1 Å². The summed E-state index contributed by atoms with van der Waals surface area (Å²) < 4.78 is 16.1. The van der Waals surface area contributed by atoms with Gasteiger partial charge in [0.2, 0.25) is 0 Å². The third kappa shape index (κ3) is 3.55. The molecular weight excluding hydrogens is 336 g/mol. The first-order valence-corrected chi connectivity index (χ1v) is 8.28. The summed E-state index contributed by atoms with van der Waals surface area (Å²) in [6, 6.07) is 10.4. The molecule has 2 aromatic carbocycles. The molecule has 0 fully saturated rings. The molecule has 26 heavy (non-hydrogen) atoms. The Hall–Kier alpha value is -2.86. The Morgan fingerprint density at radius 1 is 1.12 bits per heavy atom. The molecule has 1 heterocycles. The largest absolute Gasteiger partial charge is 0.492 e. The Kier molecular flexibility index (Phi) is 4.95. The van der Waals surface area contributed by atoms with Gasteiger partial charge in [0.1, 0.15) is 17.2 Å². The van der Waals surface area contributed by atoms with Crippen molar-refractivity contribution in [3.8, 4) is 17.2 Å². The molecule has 3 rings (SSSR count). The Balaban J connectivity index is 1.91. The highest BCUT2D eigenvalue weighted by Gasteiger charge is 2.32. The standard InChI is InChI=1S/C20H20O6/c1-11-18(26-13(3)22)8-7-16-19(23)17(10-24-20(11)16)14-5-4-6-15(9-14)25-12(2)21/h4-9,17,19,23H,10H2,1-3H3/t17-,19-/m1/s1. The van der Waals surface area contributed by atoms with Crippen molar-refractivity contribution in [2.45, 2.75) is 32.8 Å². The summed E-state index contributed by atoms with van der Waals surface area (Å²) in [4.78, 5) is 22.3. The smallest absolute Gasteiger partial charge is 0.308 e. The number of hydrogen-bond donors (Lipinski definition) is 1. The minimum atomic E-state index is -0.795. The lowest BCUT2D eigenvalue weighted by Gasteiger charge is -2.32. The summed E-state index contributed by atoms with van der Waals surface area (Å²) in [6.07, 6.45) is -0.795. The van der Waals surface area contributed by atoms with Crippen LogP contribution in [0.2, 0.25) is 0 Å². The van der Waals surface area contributed by atoms with Crippen molar-refractivity contribution in [1.29, 1.82) is 0 Å². The molecule has 0 bridgehead atoms. The number of rotatable bonds is 3. The monoisotopic (exact) mass is 356 g/mol. The van der Waals surface area contributed by atoms with E-state index in [9.17, 15) is 14.7 Å². The van der Waals surface area contributed by atoms with E-state index >= 15 is 0 Å². The first-order valence-electron chi connectivity index (χ1n) is 8.28.